The van der Waals surface area contributed by atoms with Crippen molar-refractivity contribution in [1.82, 2.24) is 0 Å². The Labute approximate surface area is 82.3 Å². The van der Waals surface area contributed by atoms with Crippen LogP contribution in [0.3, 0.4) is 0 Å². The van der Waals surface area contributed by atoms with Gasteiger partial charge in [0.2, 0.25) is 0 Å². The Balaban J connectivity index is 2.37. The predicted octanol–water partition coefficient (Wildman–Crippen LogP) is -1.15. The maximum atomic E-state index is 10.2. The molecular weight excluding hydrogens is 188 g/mol. The Morgan fingerprint density at radius 3 is 2.14 bits per heavy atom. The topological polar surface area (TPSA) is 79.2 Å². The molecule has 1 heterocycles. The fraction of sp³-hybridized carbons (Fsp3) is 1.00. The zero-order chi connectivity index (χ0) is 10.8. The van der Waals surface area contributed by atoms with Gasteiger partial charge in [0.25, 0.3) is 0 Å². The lowest BCUT2D eigenvalue weighted by atomic mass is 10.0. The van der Waals surface area contributed by atoms with Crippen molar-refractivity contribution in [3.05, 3.63) is 0 Å². The van der Waals surface area contributed by atoms with Crippen LogP contribution in [0.5, 0.6) is 0 Å². The molecule has 0 unspecified atom stereocenters. The summed E-state index contributed by atoms with van der Waals surface area (Å²) in [7, 11) is 1.40. The number of aliphatic hydroxyl groups is 3. The Morgan fingerprint density at radius 2 is 1.86 bits per heavy atom. The van der Waals surface area contributed by atoms with Crippen molar-refractivity contribution in [2.45, 2.75) is 37.4 Å². The maximum absolute atomic E-state index is 10.2. The van der Waals surface area contributed by atoms with Crippen LogP contribution >= 0.6 is 0 Å². The molecule has 2 rings (SSSR count). The smallest absolute Gasteiger partial charge is 0.190 e. The molecule has 4 atom stereocenters. The standard InChI is InChI=1S/C9H16O5/c1-7(2)8(11)5(4-10)14-6(13-3)9(7,8)12/h5-6,10-12H,4H2,1-3H3/t5-,6+,8+,9-/m1/s1. The van der Waals surface area contributed by atoms with E-state index in [1.807, 2.05) is 0 Å². The first-order chi connectivity index (χ1) is 6.37. The van der Waals surface area contributed by atoms with Crippen molar-refractivity contribution in [2.24, 2.45) is 5.41 Å². The second-order valence-corrected chi connectivity index (χ2v) is 4.53. The van der Waals surface area contributed by atoms with Gasteiger partial charge in [-0.25, -0.2) is 0 Å². The first-order valence-corrected chi connectivity index (χ1v) is 4.61. The molecular formula is C9H16O5. The highest BCUT2D eigenvalue weighted by molar-refractivity contribution is 5.39. The van der Waals surface area contributed by atoms with E-state index in [0.29, 0.717) is 0 Å². The largest absolute Gasteiger partial charge is 0.394 e. The van der Waals surface area contributed by atoms with Crippen molar-refractivity contribution in [3.63, 3.8) is 0 Å². The molecule has 1 aliphatic carbocycles. The summed E-state index contributed by atoms with van der Waals surface area (Å²) >= 11 is 0. The molecule has 14 heavy (non-hydrogen) atoms. The summed E-state index contributed by atoms with van der Waals surface area (Å²) in [5, 5.41) is 29.4. The molecule has 0 radical (unpaired) electrons. The molecule has 5 nitrogen and oxygen atoms in total. The van der Waals surface area contributed by atoms with E-state index in [9.17, 15) is 10.2 Å². The van der Waals surface area contributed by atoms with Crippen LogP contribution in [0, 0.1) is 5.41 Å². The molecule has 1 aliphatic heterocycles. The second kappa shape index (κ2) is 2.48. The number of aliphatic hydroxyl groups excluding tert-OH is 1. The van der Waals surface area contributed by atoms with E-state index < -0.39 is 29.0 Å². The van der Waals surface area contributed by atoms with E-state index in [2.05, 4.69) is 0 Å². The summed E-state index contributed by atoms with van der Waals surface area (Å²) in [4.78, 5) is 0. The van der Waals surface area contributed by atoms with Crippen LogP contribution in [-0.4, -0.2) is 52.6 Å². The summed E-state index contributed by atoms with van der Waals surface area (Å²) in [6.07, 6.45) is -1.66. The highest BCUT2D eigenvalue weighted by atomic mass is 16.7. The van der Waals surface area contributed by atoms with Gasteiger partial charge in [0.1, 0.15) is 11.7 Å². The number of rotatable bonds is 2. The zero-order valence-corrected chi connectivity index (χ0v) is 8.52. The van der Waals surface area contributed by atoms with Gasteiger partial charge in [-0.15, -0.1) is 0 Å². The van der Waals surface area contributed by atoms with Crippen molar-refractivity contribution < 1.29 is 24.8 Å². The number of methoxy groups -OCH3 is 1. The Morgan fingerprint density at radius 1 is 1.29 bits per heavy atom. The lowest BCUT2D eigenvalue weighted by molar-refractivity contribution is -0.200. The molecule has 0 spiro atoms. The van der Waals surface area contributed by atoms with Crippen LogP contribution in [0.1, 0.15) is 13.8 Å². The number of ether oxygens (including phenoxy) is 2. The molecule has 2 aliphatic rings. The van der Waals surface area contributed by atoms with Gasteiger partial charge in [-0.1, -0.05) is 13.8 Å². The monoisotopic (exact) mass is 204 g/mol. The van der Waals surface area contributed by atoms with Crippen molar-refractivity contribution in [3.8, 4) is 0 Å². The van der Waals surface area contributed by atoms with Crippen LogP contribution in [0.15, 0.2) is 0 Å². The van der Waals surface area contributed by atoms with Gasteiger partial charge in [0, 0.05) is 12.5 Å². The van der Waals surface area contributed by atoms with E-state index in [4.69, 9.17) is 14.6 Å². The average Bonchev–Trinajstić information content (AvgIpc) is 2.42. The Kier molecular flexibility index (Phi) is 1.83. The molecule has 82 valence electrons. The first kappa shape index (κ1) is 10.3. The summed E-state index contributed by atoms with van der Waals surface area (Å²) < 4.78 is 10.1. The normalized spacial score (nSPS) is 54.4. The second-order valence-electron chi connectivity index (χ2n) is 4.53. The minimum atomic E-state index is -1.41. The summed E-state index contributed by atoms with van der Waals surface area (Å²) in [5.41, 5.74) is -3.54. The molecule has 0 amide bonds. The van der Waals surface area contributed by atoms with Crippen LogP contribution in [0.4, 0.5) is 0 Å². The van der Waals surface area contributed by atoms with E-state index in [1.165, 1.54) is 7.11 Å². The van der Waals surface area contributed by atoms with Gasteiger partial charge in [-0.2, -0.15) is 0 Å². The molecule has 1 saturated heterocycles. The number of hydrogen-bond donors (Lipinski definition) is 3. The highest BCUT2D eigenvalue weighted by Crippen LogP contribution is 2.72. The predicted molar refractivity (Wildman–Crippen MR) is 46.4 cm³/mol. The Bertz CT molecular complexity index is 242. The van der Waals surface area contributed by atoms with Gasteiger partial charge in [-0.05, 0) is 0 Å². The van der Waals surface area contributed by atoms with Crippen LogP contribution in [0.25, 0.3) is 0 Å². The molecule has 3 N–H and O–H groups in total. The third-order valence-electron chi connectivity index (χ3n) is 3.90. The van der Waals surface area contributed by atoms with E-state index in [-0.39, 0.29) is 6.61 Å². The molecule has 1 saturated carbocycles. The summed E-state index contributed by atoms with van der Waals surface area (Å²) in [6.45, 7) is 3.12. The zero-order valence-electron chi connectivity index (χ0n) is 8.52. The number of fused-ring (bicyclic) bond motifs is 1. The van der Waals surface area contributed by atoms with Crippen LogP contribution in [-0.2, 0) is 9.47 Å². The van der Waals surface area contributed by atoms with Gasteiger partial charge in [0.05, 0.1) is 6.61 Å². The van der Waals surface area contributed by atoms with Crippen LogP contribution < -0.4 is 0 Å². The van der Waals surface area contributed by atoms with Gasteiger partial charge < -0.3 is 24.8 Å². The molecule has 0 aromatic carbocycles. The van der Waals surface area contributed by atoms with Gasteiger partial charge >= 0.3 is 0 Å². The summed E-state index contributed by atoms with van der Waals surface area (Å²) in [5.74, 6) is 0. The minimum Gasteiger partial charge on any atom is -0.394 e. The van der Waals surface area contributed by atoms with Crippen molar-refractivity contribution >= 4 is 0 Å². The third kappa shape index (κ3) is 0.686. The van der Waals surface area contributed by atoms with Crippen molar-refractivity contribution in [1.29, 1.82) is 0 Å². The van der Waals surface area contributed by atoms with E-state index in [1.54, 1.807) is 13.8 Å². The molecule has 5 heteroatoms. The Hall–Kier alpha value is -0.200. The first-order valence-electron chi connectivity index (χ1n) is 4.61. The third-order valence-corrected chi connectivity index (χ3v) is 3.90. The molecule has 0 aromatic heterocycles. The molecule has 0 aromatic rings. The summed E-state index contributed by atoms with van der Waals surface area (Å²) in [6, 6.07) is 0. The van der Waals surface area contributed by atoms with Crippen molar-refractivity contribution in [2.75, 3.05) is 13.7 Å². The fourth-order valence-electron chi connectivity index (χ4n) is 2.77. The number of hydrogen-bond acceptors (Lipinski definition) is 5. The lowest BCUT2D eigenvalue weighted by Crippen LogP contribution is -2.36. The quantitative estimate of drug-likeness (QED) is 0.529. The highest BCUT2D eigenvalue weighted by Gasteiger charge is 2.92. The van der Waals surface area contributed by atoms with E-state index >= 15 is 0 Å². The maximum Gasteiger partial charge on any atom is 0.190 e. The average molecular weight is 204 g/mol. The van der Waals surface area contributed by atoms with Crippen LogP contribution in [0.2, 0.25) is 0 Å². The molecule has 2 fully saturated rings. The fourth-order valence-corrected chi connectivity index (χ4v) is 2.77. The lowest BCUT2D eigenvalue weighted by Gasteiger charge is -2.24. The van der Waals surface area contributed by atoms with Gasteiger partial charge in [-0.3, -0.25) is 0 Å². The molecule has 0 bridgehead atoms. The SMILES string of the molecule is CO[C@H]1O[C@H](CO)[C@]2(O)C(C)(C)[C@]12O. The van der Waals surface area contributed by atoms with E-state index in [0.717, 1.165) is 0 Å². The van der Waals surface area contributed by atoms with Gasteiger partial charge in [0.15, 0.2) is 11.9 Å². The minimum absolute atomic E-state index is 0.331.